The first kappa shape index (κ1) is 17.0. The van der Waals surface area contributed by atoms with Crippen LogP contribution in [0.3, 0.4) is 0 Å². The second kappa shape index (κ2) is 7.07. The Morgan fingerprint density at radius 3 is 2.23 bits per heavy atom. The zero-order valence-electron chi connectivity index (χ0n) is 11.3. The predicted molar refractivity (Wildman–Crippen MR) is 73.6 cm³/mol. The molecule has 1 rings (SSSR count). The maximum absolute atomic E-state index is 12.0. The van der Waals surface area contributed by atoms with Gasteiger partial charge in [0.15, 0.2) is 0 Å². The number of aliphatic carboxylic acids is 2. The van der Waals surface area contributed by atoms with Crippen molar-refractivity contribution >= 4 is 29.5 Å². The number of carbonyl (C=O) groups excluding carboxylic acids is 1. The molecule has 0 aliphatic heterocycles. The van der Waals surface area contributed by atoms with Gasteiger partial charge in [0.1, 0.15) is 6.04 Å². The predicted octanol–water partition coefficient (Wildman–Crippen LogP) is 0.0148. The molecule has 0 radical (unpaired) electrons. The van der Waals surface area contributed by atoms with Crippen LogP contribution in [-0.2, 0) is 9.59 Å². The molecule has 1 aromatic rings. The van der Waals surface area contributed by atoms with Crippen molar-refractivity contribution < 1.29 is 34.5 Å². The standard InChI is InChI=1S/C13H14N2O7/c14-6-1-2-7(8(5-6)12(19)20)11(18)15-9(13(21)22)3-4-10(16)17/h1-2,5,9H,3-4,14H2,(H,15,18)(H,16,17)(H,19,20)(H,21,22). The summed E-state index contributed by atoms with van der Waals surface area (Å²) in [6.07, 6.45) is -0.779. The Morgan fingerprint density at radius 1 is 1.09 bits per heavy atom. The summed E-state index contributed by atoms with van der Waals surface area (Å²) < 4.78 is 0. The van der Waals surface area contributed by atoms with Gasteiger partial charge in [0.2, 0.25) is 0 Å². The lowest BCUT2D eigenvalue weighted by atomic mass is 10.0. The number of nitrogen functional groups attached to an aromatic ring is 1. The summed E-state index contributed by atoms with van der Waals surface area (Å²) in [5.74, 6) is -4.95. The van der Waals surface area contributed by atoms with Crippen LogP contribution < -0.4 is 11.1 Å². The molecule has 1 amide bonds. The topological polar surface area (TPSA) is 167 Å². The number of nitrogens with one attached hydrogen (secondary N) is 1. The molecule has 1 unspecified atom stereocenters. The van der Waals surface area contributed by atoms with Crippen molar-refractivity contribution in [2.75, 3.05) is 5.73 Å². The van der Waals surface area contributed by atoms with Gasteiger partial charge in [-0.15, -0.1) is 0 Å². The third kappa shape index (κ3) is 4.47. The summed E-state index contributed by atoms with van der Waals surface area (Å²) in [6, 6.07) is 2.09. The van der Waals surface area contributed by atoms with Gasteiger partial charge in [-0.25, -0.2) is 9.59 Å². The maximum Gasteiger partial charge on any atom is 0.336 e. The molecule has 0 saturated carbocycles. The van der Waals surface area contributed by atoms with Crippen molar-refractivity contribution in [2.24, 2.45) is 0 Å². The summed E-state index contributed by atoms with van der Waals surface area (Å²) >= 11 is 0. The Morgan fingerprint density at radius 2 is 1.73 bits per heavy atom. The lowest BCUT2D eigenvalue weighted by Gasteiger charge is -2.14. The average molecular weight is 310 g/mol. The molecular weight excluding hydrogens is 296 g/mol. The summed E-state index contributed by atoms with van der Waals surface area (Å²) in [4.78, 5) is 44.6. The van der Waals surface area contributed by atoms with Gasteiger partial charge in [-0.2, -0.15) is 0 Å². The minimum atomic E-state index is -1.44. The molecule has 0 fully saturated rings. The third-order valence-electron chi connectivity index (χ3n) is 2.77. The molecular formula is C13H14N2O7. The van der Waals surface area contributed by atoms with E-state index in [1.54, 1.807) is 0 Å². The number of benzene rings is 1. The fourth-order valence-corrected chi connectivity index (χ4v) is 1.70. The fourth-order valence-electron chi connectivity index (χ4n) is 1.70. The zero-order chi connectivity index (χ0) is 16.9. The molecule has 118 valence electrons. The van der Waals surface area contributed by atoms with Gasteiger partial charge in [-0.3, -0.25) is 9.59 Å². The molecule has 22 heavy (non-hydrogen) atoms. The summed E-state index contributed by atoms with van der Waals surface area (Å²) in [5, 5.41) is 28.6. The smallest absolute Gasteiger partial charge is 0.336 e. The number of aromatic carboxylic acids is 1. The lowest BCUT2D eigenvalue weighted by Crippen LogP contribution is -2.41. The average Bonchev–Trinajstić information content (AvgIpc) is 2.42. The van der Waals surface area contributed by atoms with Crippen molar-refractivity contribution in [2.45, 2.75) is 18.9 Å². The van der Waals surface area contributed by atoms with E-state index in [0.29, 0.717) is 0 Å². The number of carboxylic acid groups (broad SMARTS) is 3. The van der Waals surface area contributed by atoms with Gasteiger partial charge in [0, 0.05) is 12.1 Å². The van der Waals surface area contributed by atoms with Crippen LogP contribution in [0.1, 0.15) is 33.6 Å². The molecule has 0 spiro atoms. The highest BCUT2D eigenvalue weighted by atomic mass is 16.4. The molecule has 0 saturated heterocycles. The van der Waals surface area contributed by atoms with Crippen molar-refractivity contribution in [1.82, 2.24) is 5.32 Å². The highest BCUT2D eigenvalue weighted by Crippen LogP contribution is 2.14. The number of anilines is 1. The molecule has 0 heterocycles. The van der Waals surface area contributed by atoms with Gasteiger partial charge < -0.3 is 26.4 Å². The van der Waals surface area contributed by atoms with E-state index in [2.05, 4.69) is 5.32 Å². The van der Waals surface area contributed by atoms with Gasteiger partial charge in [0.05, 0.1) is 11.1 Å². The van der Waals surface area contributed by atoms with E-state index in [1.807, 2.05) is 0 Å². The highest BCUT2D eigenvalue weighted by molar-refractivity contribution is 6.06. The van der Waals surface area contributed by atoms with Crippen LogP contribution >= 0.6 is 0 Å². The molecule has 0 aliphatic carbocycles. The van der Waals surface area contributed by atoms with Crippen LogP contribution in [-0.4, -0.2) is 45.2 Å². The monoisotopic (exact) mass is 310 g/mol. The Balaban J connectivity index is 2.97. The van der Waals surface area contributed by atoms with E-state index in [4.69, 9.17) is 21.1 Å². The second-order valence-corrected chi connectivity index (χ2v) is 4.41. The summed E-state index contributed by atoms with van der Waals surface area (Å²) in [6.45, 7) is 0. The van der Waals surface area contributed by atoms with Crippen LogP contribution in [0.2, 0.25) is 0 Å². The molecule has 0 aliphatic rings. The minimum absolute atomic E-state index is 0.134. The number of amides is 1. The SMILES string of the molecule is Nc1ccc(C(=O)NC(CCC(=O)O)C(=O)O)c(C(=O)O)c1. The van der Waals surface area contributed by atoms with Crippen LogP contribution in [0, 0.1) is 0 Å². The Hall–Kier alpha value is -3.10. The van der Waals surface area contributed by atoms with Gasteiger partial charge in [-0.1, -0.05) is 0 Å². The zero-order valence-corrected chi connectivity index (χ0v) is 11.3. The van der Waals surface area contributed by atoms with Crippen LogP contribution in [0.15, 0.2) is 18.2 Å². The van der Waals surface area contributed by atoms with Gasteiger partial charge in [0.25, 0.3) is 5.91 Å². The first-order valence-electron chi connectivity index (χ1n) is 6.10. The van der Waals surface area contributed by atoms with Crippen molar-refractivity contribution in [3.05, 3.63) is 29.3 Å². The van der Waals surface area contributed by atoms with E-state index in [1.165, 1.54) is 6.07 Å². The third-order valence-corrected chi connectivity index (χ3v) is 2.77. The van der Waals surface area contributed by atoms with Gasteiger partial charge in [-0.05, 0) is 24.6 Å². The first-order chi connectivity index (χ1) is 10.2. The molecule has 0 aromatic heterocycles. The van der Waals surface area contributed by atoms with Crippen molar-refractivity contribution in [3.63, 3.8) is 0 Å². The Labute approximate surface area is 124 Å². The molecule has 9 nitrogen and oxygen atoms in total. The number of hydrogen-bond donors (Lipinski definition) is 5. The fraction of sp³-hybridized carbons (Fsp3) is 0.231. The summed E-state index contributed by atoms with van der Waals surface area (Å²) in [5.41, 5.74) is 4.94. The number of rotatable bonds is 7. The van der Waals surface area contributed by atoms with E-state index in [9.17, 15) is 19.2 Å². The number of carboxylic acids is 3. The van der Waals surface area contributed by atoms with E-state index < -0.39 is 36.3 Å². The van der Waals surface area contributed by atoms with Crippen LogP contribution in [0.4, 0.5) is 5.69 Å². The summed E-state index contributed by atoms with van der Waals surface area (Å²) in [7, 11) is 0. The molecule has 6 N–H and O–H groups in total. The minimum Gasteiger partial charge on any atom is -0.481 e. The van der Waals surface area contributed by atoms with Gasteiger partial charge >= 0.3 is 17.9 Å². The van der Waals surface area contributed by atoms with Crippen molar-refractivity contribution in [3.8, 4) is 0 Å². The maximum atomic E-state index is 12.0. The van der Waals surface area contributed by atoms with Crippen LogP contribution in [0.25, 0.3) is 0 Å². The number of nitrogens with two attached hydrogens (primary N) is 1. The molecule has 0 bridgehead atoms. The first-order valence-corrected chi connectivity index (χ1v) is 6.10. The van der Waals surface area contributed by atoms with Crippen LogP contribution in [0.5, 0.6) is 0 Å². The van der Waals surface area contributed by atoms with E-state index in [0.717, 1.165) is 12.1 Å². The lowest BCUT2D eigenvalue weighted by molar-refractivity contribution is -0.140. The second-order valence-electron chi connectivity index (χ2n) is 4.41. The van der Waals surface area contributed by atoms with E-state index >= 15 is 0 Å². The number of carbonyl (C=O) groups is 4. The van der Waals surface area contributed by atoms with Crippen molar-refractivity contribution in [1.29, 1.82) is 0 Å². The molecule has 1 aromatic carbocycles. The molecule has 1 atom stereocenters. The largest absolute Gasteiger partial charge is 0.481 e. The number of hydrogen-bond acceptors (Lipinski definition) is 5. The van der Waals surface area contributed by atoms with E-state index in [-0.39, 0.29) is 23.2 Å². The Bertz CT molecular complexity index is 627. The molecule has 9 heteroatoms. The Kier molecular flexibility index (Phi) is 5.44. The quantitative estimate of drug-likeness (QED) is 0.439. The normalized spacial score (nSPS) is 11.5. The highest BCUT2D eigenvalue weighted by Gasteiger charge is 2.24.